The number of nitriles is 1. The van der Waals surface area contributed by atoms with Crippen molar-refractivity contribution in [2.45, 2.75) is 6.92 Å². The number of hydrogen-bond donors (Lipinski definition) is 1. The Bertz CT molecular complexity index is 983. The molecule has 0 atom stereocenters. The summed E-state index contributed by atoms with van der Waals surface area (Å²) in [7, 11) is 0. The lowest BCUT2D eigenvalue weighted by Crippen LogP contribution is -2.05. The third-order valence-electron chi connectivity index (χ3n) is 3.25. The minimum Gasteiger partial charge on any atom is -0.424 e. The predicted octanol–water partition coefficient (Wildman–Crippen LogP) is 4.39. The van der Waals surface area contributed by atoms with Crippen molar-refractivity contribution in [3.8, 4) is 22.9 Å². The van der Waals surface area contributed by atoms with E-state index < -0.39 is 10.9 Å². The molecule has 8 nitrogen and oxygen atoms in total. The number of carbonyl (C=O) groups excluding carboxylic acids is 1. The van der Waals surface area contributed by atoms with Crippen LogP contribution in [0.1, 0.15) is 18.1 Å². The summed E-state index contributed by atoms with van der Waals surface area (Å²) in [6, 6.07) is 7.22. The third kappa shape index (κ3) is 3.89. The Morgan fingerprint density at radius 2 is 2.12 bits per heavy atom. The van der Waals surface area contributed by atoms with Crippen LogP contribution in [-0.4, -0.2) is 22.3 Å². The second-order valence-corrected chi connectivity index (χ2v) is 6.55. The highest BCUT2D eigenvalue weighted by molar-refractivity contribution is 9.11. The first-order chi connectivity index (χ1) is 12.3. The van der Waals surface area contributed by atoms with Gasteiger partial charge in [-0.1, -0.05) is 5.16 Å². The zero-order valence-electron chi connectivity index (χ0n) is 13.1. The maximum Gasteiger partial charge on any atom is 0.308 e. The Labute approximate surface area is 164 Å². The number of rotatable bonds is 4. The molecule has 2 aromatic rings. The van der Waals surface area contributed by atoms with Crippen LogP contribution in [0.25, 0.3) is 11.1 Å². The van der Waals surface area contributed by atoms with E-state index in [2.05, 4.69) is 37.0 Å². The van der Waals surface area contributed by atoms with Gasteiger partial charge in [0.25, 0.3) is 5.69 Å². The van der Waals surface area contributed by atoms with Crippen LogP contribution in [-0.2, 0) is 4.79 Å². The van der Waals surface area contributed by atoms with E-state index in [1.165, 1.54) is 25.1 Å². The number of esters is 1. The predicted molar refractivity (Wildman–Crippen MR) is 99.3 cm³/mol. The SMILES string of the molecule is CC(=O)Oc1c(Br)cc(C=NO)c(-c2ccc([N+](=O)[O-])cc2C#N)c1Br. The number of nitrogens with zero attached hydrogens (tertiary/aromatic N) is 3. The highest BCUT2D eigenvalue weighted by Gasteiger charge is 2.22. The van der Waals surface area contributed by atoms with Crippen LogP contribution in [0.3, 0.4) is 0 Å². The molecule has 0 aliphatic rings. The van der Waals surface area contributed by atoms with Crippen LogP contribution < -0.4 is 4.74 Å². The van der Waals surface area contributed by atoms with Crippen LogP contribution >= 0.6 is 31.9 Å². The van der Waals surface area contributed by atoms with E-state index in [1.54, 1.807) is 0 Å². The first-order valence-corrected chi connectivity index (χ1v) is 8.45. The Hall–Kier alpha value is -2.77. The van der Waals surface area contributed by atoms with Crippen molar-refractivity contribution < 1.29 is 19.7 Å². The zero-order chi connectivity index (χ0) is 19.4. The van der Waals surface area contributed by atoms with Crippen molar-refractivity contribution in [2.24, 2.45) is 5.16 Å². The molecule has 2 rings (SSSR count). The topological polar surface area (TPSA) is 126 Å². The van der Waals surface area contributed by atoms with Gasteiger partial charge in [-0.3, -0.25) is 14.9 Å². The Morgan fingerprint density at radius 3 is 2.65 bits per heavy atom. The molecule has 10 heteroatoms. The Morgan fingerprint density at radius 1 is 1.42 bits per heavy atom. The van der Waals surface area contributed by atoms with Crippen molar-refractivity contribution in [1.29, 1.82) is 5.26 Å². The van der Waals surface area contributed by atoms with E-state index in [4.69, 9.17) is 9.94 Å². The van der Waals surface area contributed by atoms with Gasteiger partial charge in [0.05, 0.1) is 25.6 Å². The highest BCUT2D eigenvalue weighted by Crippen LogP contribution is 2.44. The van der Waals surface area contributed by atoms with Crippen LogP contribution in [0.2, 0.25) is 0 Å². The maximum atomic E-state index is 11.4. The first kappa shape index (κ1) is 19.6. The van der Waals surface area contributed by atoms with Crippen molar-refractivity contribution in [2.75, 3.05) is 0 Å². The summed E-state index contributed by atoms with van der Waals surface area (Å²) in [5.41, 5.74) is 0.877. The van der Waals surface area contributed by atoms with Gasteiger partial charge in [0.1, 0.15) is 6.07 Å². The smallest absolute Gasteiger partial charge is 0.308 e. The molecule has 132 valence electrons. The van der Waals surface area contributed by atoms with Gasteiger partial charge in [-0.2, -0.15) is 5.26 Å². The molecule has 0 bridgehead atoms. The summed E-state index contributed by atoms with van der Waals surface area (Å²) < 4.78 is 5.88. The van der Waals surface area contributed by atoms with E-state index in [0.29, 0.717) is 25.6 Å². The summed E-state index contributed by atoms with van der Waals surface area (Å²) in [6.07, 6.45) is 1.13. The monoisotopic (exact) mass is 481 g/mol. The van der Waals surface area contributed by atoms with Gasteiger partial charge >= 0.3 is 5.97 Å². The minimum absolute atomic E-state index is 0.0311. The van der Waals surface area contributed by atoms with Crippen molar-refractivity contribution in [3.63, 3.8) is 0 Å². The molecule has 26 heavy (non-hydrogen) atoms. The molecule has 0 saturated heterocycles. The van der Waals surface area contributed by atoms with Crippen molar-refractivity contribution in [3.05, 3.63) is 54.5 Å². The van der Waals surface area contributed by atoms with Gasteiger partial charge in [0, 0.05) is 35.7 Å². The second kappa shape index (κ2) is 8.07. The fourth-order valence-corrected chi connectivity index (χ4v) is 3.78. The van der Waals surface area contributed by atoms with Crippen molar-refractivity contribution >= 4 is 49.7 Å². The summed E-state index contributed by atoms with van der Waals surface area (Å²) in [6.45, 7) is 1.23. The molecule has 1 N–H and O–H groups in total. The zero-order valence-corrected chi connectivity index (χ0v) is 16.2. The summed E-state index contributed by atoms with van der Waals surface area (Å²) in [5.74, 6) is -0.407. The lowest BCUT2D eigenvalue weighted by molar-refractivity contribution is -0.384. The molecular weight excluding hydrogens is 474 g/mol. The van der Waals surface area contributed by atoms with Gasteiger partial charge < -0.3 is 9.94 Å². The molecule has 0 unspecified atom stereocenters. The van der Waals surface area contributed by atoms with E-state index in [0.717, 1.165) is 12.3 Å². The van der Waals surface area contributed by atoms with Gasteiger partial charge in [-0.05, 0) is 44.0 Å². The van der Waals surface area contributed by atoms with Crippen LogP contribution in [0, 0.1) is 21.4 Å². The van der Waals surface area contributed by atoms with E-state index >= 15 is 0 Å². The fraction of sp³-hybridized carbons (Fsp3) is 0.0625. The van der Waals surface area contributed by atoms with E-state index in [9.17, 15) is 20.2 Å². The van der Waals surface area contributed by atoms with Crippen LogP contribution in [0.15, 0.2) is 38.4 Å². The number of carbonyl (C=O) groups is 1. The standard InChI is InChI=1S/C16H9Br2N3O5/c1-8(22)26-16-13(17)5-10(7-20-23)14(15(16)18)12-3-2-11(21(24)25)4-9(12)6-19/h2-5,7,23H,1H3. The van der Waals surface area contributed by atoms with Gasteiger partial charge in [-0.15, -0.1) is 0 Å². The number of halogens is 2. The van der Waals surface area contributed by atoms with E-state index in [1.807, 2.05) is 6.07 Å². The molecule has 0 aromatic heterocycles. The second-order valence-electron chi connectivity index (χ2n) is 4.90. The molecule has 2 aromatic carbocycles. The molecular formula is C16H9Br2N3O5. The van der Waals surface area contributed by atoms with Crippen LogP contribution in [0.5, 0.6) is 5.75 Å². The summed E-state index contributed by atoms with van der Waals surface area (Å²) in [5, 5.41) is 32.3. The number of ether oxygens (including phenoxy) is 1. The maximum absolute atomic E-state index is 11.4. The normalized spacial score (nSPS) is 10.5. The molecule has 0 spiro atoms. The molecule has 0 amide bonds. The average molecular weight is 483 g/mol. The van der Waals surface area contributed by atoms with Gasteiger partial charge in [-0.25, -0.2) is 0 Å². The molecule has 0 aliphatic carbocycles. The van der Waals surface area contributed by atoms with Crippen LogP contribution in [0.4, 0.5) is 5.69 Å². The van der Waals surface area contributed by atoms with Crippen molar-refractivity contribution in [1.82, 2.24) is 0 Å². The fourth-order valence-electron chi connectivity index (χ4n) is 2.25. The van der Waals surface area contributed by atoms with Gasteiger partial charge in [0.15, 0.2) is 5.75 Å². The Kier molecular flexibility index (Phi) is 6.07. The number of nitro groups is 1. The lowest BCUT2D eigenvalue weighted by atomic mass is 9.95. The number of benzene rings is 2. The highest BCUT2D eigenvalue weighted by atomic mass is 79.9. The molecule has 0 saturated carbocycles. The van der Waals surface area contributed by atoms with Gasteiger partial charge in [0.2, 0.25) is 0 Å². The first-order valence-electron chi connectivity index (χ1n) is 6.86. The molecule has 0 heterocycles. The largest absolute Gasteiger partial charge is 0.424 e. The number of nitro benzene ring substituents is 1. The quantitative estimate of drug-likeness (QED) is 0.172. The molecule has 0 fully saturated rings. The summed E-state index contributed by atoms with van der Waals surface area (Å²) >= 11 is 6.60. The molecule has 0 radical (unpaired) electrons. The average Bonchev–Trinajstić information content (AvgIpc) is 2.58. The third-order valence-corrected chi connectivity index (χ3v) is 4.60. The van der Waals surface area contributed by atoms with E-state index in [-0.39, 0.29) is 17.0 Å². The lowest BCUT2D eigenvalue weighted by Gasteiger charge is -2.15. The number of hydrogen-bond acceptors (Lipinski definition) is 7. The summed E-state index contributed by atoms with van der Waals surface area (Å²) in [4.78, 5) is 21.7. The minimum atomic E-state index is -0.609. The molecule has 0 aliphatic heterocycles. The Balaban J connectivity index is 2.85. The number of oxime groups is 1. The number of non-ortho nitro benzene ring substituents is 1.